The van der Waals surface area contributed by atoms with Gasteiger partial charge in [0, 0.05) is 25.1 Å². The first-order valence-electron chi connectivity index (χ1n) is 6.47. The molecule has 4 nitrogen and oxygen atoms in total. The third-order valence-corrected chi connectivity index (χ3v) is 3.89. The van der Waals surface area contributed by atoms with Gasteiger partial charge in [0.05, 0.1) is 12.6 Å². The van der Waals surface area contributed by atoms with E-state index in [2.05, 4.69) is 33.1 Å². The van der Waals surface area contributed by atoms with Crippen LogP contribution in [0.1, 0.15) is 24.1 Å². The Labute approximate surface area is 112 Å². The van der Waals surface area contributed by atoms with E-state index in [4.69, 9.17) is 4.74 Å². The van der Waals surface area contributed by atoms with Crippen molar-refractivity contribution in [3.05, 3.63) is 22.4 Å². The van der Waals surface area contributed by atoms with Gasteiger partial charge in [-0.15, -0.1) is 11.3 Å². The largest absolute Gasteiger partial charge is 0.378 e. The van der Waals surface area contributed by atoms with Gasteiger partial charge in [0.1, 0.15) is 0 Å². The van der Waals surface area contributed by atoms with E-state index in [1.54, 1.807) is 18.4 Å². The van der Waals surface area contributed by atoms with Crippen LogP contribution < -0.4 is 10.6 Å². The zero-order chi connectivity index (χ0) is 12.6. The van der Waals surface area contributed by atoms with Crippen molar-refractivity contribution in [3.8, 4) is 0 Å². The number of nitrogens with zero attached hydrogens (tertiary/aromatic N) is 1. The molecule has 0 aromatic carbocycles. The van der Waals surface area contributed by atoms with Crippen LogP contribution in [0.5, 0.6) is 0 Å². The second-order valence-corrected chi connectivity index (χ2v) is 5.39. The van der Waals surface area contributed by atoms with Gasteiger partial charge in [0.15, 0.2) is 5.96 Å². The Kier molecular flexibility index (Phi) is 5.48. The molecule has 0 aliphatic carbocycles. The number of aliphatic imine (C=N–C) groups is 1. The fourth-order valence-electron chi connectivity index (χ4n) is 2.03. The lowest BCUT2D eigenvalue weighted by atomic mass is 10.2. The molecule has 0 radical (unpaired) electrons. The van der Waals surface area contributed by atoms with Gasteiger partial charge in [0.2, 0.25) is 0 Å². The quantitative estimate of drug-likeness (QED) is 0.633. The molecule has 2 N–H and O–H groups in total. The van der Waals surface area contributed by atoms with Crippen molar-refractivity contribution in [3.63, 3.8) is 0 Å². The molecule has 1 unspecified atom stereocenters. The number of guanidine groups is 1. The first-order valence-corrected chi connectivity index (χ1v) is 7.35. The summed E-state index contributed by atoms with van der Waals surface area (Å²) in [5.41, 5.74) is 0. The minimum atomic E-state index is 0.438. The molecule has 0 amide bonds. The molecule has 1 fully saturated rings. The summed E-state index contributed by atoms with van der Waals surface area (Å²) in [6, 6.07) is 4.19. The summed E-state index contributed by atoms with van der Waals surface area (Å²) >= 11 is 1.75. The SMILES string of the molecule is CN=C(NCCC1CCCO1)NCc1cccs1. The molecular formula is C13H21N3OS. The summed E-state index contributed by atoms with van der Waals surface area (Å²) in [5, 5.41) is 8.72. The molecule has 2 heterocycles. The topological polar surface area (TPSA) is 45.7 Å². The second-order valence-electron chi connectivity index (χ2n) is 4.36. The number of hydrogen-bond acceptors (Lipinski definition) is 3. The van der Waals surface area contributed by atoms with Gasteiger partial charge < -0.3 is 15.4 Å². The molecule has 1 saturated heterocycles. The third-order valence-electron chi connectivity index (χ3n) is 3.02. The van der Waals surface area contributed by atoms with Crippen molar-refractivity contribution in [2.45, 2.75) is 31.9 Å². The average Bonchev–Trinajstić information content (AvgIpc) is 3.06. The van der Waals surface area contributed by atoms with Crippen LogP contribution in [0, 0.1) is 0 Å². The predicted octanol–water partition coefficient (Wildman–Crippen LogP) is 1.98. The Balaban J connectivity index is 1.63. The minimum absolute atomic E-state index is 0.438. The van der Waals surface area contributed by atoms with Crippen LogP contribution in [0.3, 0.4) is 0 Å². The van der Waals surface area contributed by atoms with Crippen molar-refractivity contribution in [2.24, 2.45) is 4.99 Å². The van der Waals surface area contributed by atoms with E-state index in [1.165, 1.54) is 17.7 Å². The molecular weight excluding hydrogens is 246 g/mol. The Morgan fingerprint density at radius 1 is 1.56 bits per heavy atom. The average molecular weight is 267 g/mol. The van der Waals surface area contributed by atoms with E-state index >= 15 is 0 Å². The summed E-state index contributed by atoms with van der Waals surface area (Å²) in [4.78, 5) is 5.53. The summed E-state index contributed by atoms with van der Waals surface area (Å²) < 4.78 is 5.59. The monoisotopic (exact) mass is 267 g/mol. The number of hydrogen-bond donors (Lipinski definition) is 2. The van der Waals surface area contributed by atoms with E-state index in [9.17, 15) is 0 Å². The number of nitrogens with one attached hydrogen (secondary N) is 2. The standard InChI is InChI=1S/C13H21N3OS/c1-14-13(16-10-12-5-3-9-18-12)15-7-6-11-4-2-8-17-11/h3,5,9,11H,2,4,6-8,10H2,1H3,(H2,14,15,16). The summed E-state index contributed by atoms with van der Waals surface area (Å²) in [6.07, 6.45) is 3.89. The van der Waals surface area contributed by atoms with Gasteiger partial charge in [-0.1, -0.05) is 6.07 Å². The minimum Gasteiger partial charge on any atom is -0.378 e. The highest BCUT2D eigenvalue weighted by atomic mass is 32.1. The van der Waals surface area contributed by atoms with Crippen molar-refractivity contribution >= 4 is 17.3 Å². The van der Waals surface area contributed by atoms with Crippen molar-refractivity contribution < 1.29 is 4.74 Å². The maximum atomic E-state index is 5.59. The van der Waals surface area contributed by atoms with Gasteiger partial charge in [0.25, 0.3) is 0 Å². The first-order chi connectivity index (χ1) is 8.88. The molecule has 1 aliphatic rings. The van der Waals surface area contributed by atoms with Crippen molar-refractivity contribution in [1.29, 1.82) is 0 Å². The molecule has 2 rings (SSSR count). The zero-order valence-electron chi connectivity index (χ0n) is 10.8. The van der Waals surface area contributed by atoms with E-state index in [-0.39, 0.29) is 0 Å². The van der Waals surface area contributed by atoms with Gasteiger partial charge in [-0.2, -0.15) is 0 Å². The van der Waals surface area contributed by atoms with E-state index in [0.29, 0.717) is 6.10 Å². The highest BCUT2D eigenvalue weighted by Gasteiger charge is 2.14. The van der Waals surface area contributed by atoms with E-state index in [0.717, 1.165) is 32.1 Å². The molecule has 18 heavy (non-hydrogen) atoms. The Morgan fingerprint density at radius 2 is 2.50 bits per heavy atom. The normalized spacial score (nSPS) is 20.1. The third kappa shape index (κ3) is 4.31. The molecule has 100 valence electrons. The van der Waals surface area contributed by atoms with Crippen LogP contribution in [0.25, 0.3) is 0 Å². The molecule has 1 aromatic rings. The van der Waals surface area contributed by atoms with E-state index in [1.807, 2.05) is 0 Å². The fourth-order valence-corrected chi connectivity index (χ4v) is 2.67. The summed E-state index contributed by atoms with van der Waals surface area (Å²) in [6.45, 7) is 2.67. The van der Waals surface area contributed by atoms with Crippen molar-refractivity contribution in [2.75, 3.05) is 20.2 Å². The molecule has 5 heteroatoms. The summed E-state index contributed by atoms with van der Waals surface area (Å²) in [5.74, 6) is 0.862. The highest BCUT2D eigenvalue weighted by Crippen LogP contribution is 2.14. The van der Waals surface area contributed by atoms with Crippen LogP contribution in [0.2, 0.25) is 0 Å². The molecule has 0 saturated carbocycles. The Morgan fingerprint density at radius 3 is 3.17 bits per heavy atom. The van der Waals surface area contributed by atoms with Gasteiger partial charge in [-0.3, -0.25) is 4.99 Å². The van der Waals surface area contributed by atoms with E-state index < -0.39 is 0 Å². The van der Waals surface area contributed by atoms with Gasteiger partial charge in [-0.25, -0.2) is 0 Å². The molecule has 1 aliphatic heterocycles. The first kappa shape index (κ1) is 13.4. The van der Waals surface area contributed by atoms with Gasteiger partial charge in [-0.05, 0) is 30.7 Å². The number of rotatable bonds is 5. The van der Waals surface area contributed by atoms with Crippen LogP contribution >= 0.6 is 11.3 Å². The predicted molar refractivity (Wildman–Crippen MR) is 76.1 cm³/mol. The lowest BCUT2D eigenvalue weighted by molar-refractivity contribution is 0.105. The van der Waals surface area contributed by atoms with Crippen LogP contribution in [0.4, 0.5) is 0 Å². The van der Waals surface area contributed by atoms with Crippen LogP contribution in [-0.4, -0.2) is 32.3 Å². The maximum absolute atomic E-state index is 5.59. The zero-order valence-corrected chi connectivity index (χ0v) is 11.6. The van der Waals surface area contributed by atoms with Crippen LogP contribution in [-0.2, 0) is 11.3 Å². The van der Waals surface area contributed by atoms with Crippen molar-refractivity contribution in [1.82, 2.24) is 10.6 Å². The van der Waals surface area contributed by atoms with Gasteiger partial charge >= 0.3 is 0 Å². The Bertz CT molecular complexity index is 358. The lowest BCUT2D eigenvalue weighted by Gasteiger charge is -2.13. The van der Waals surface area contributed by atoms with Crippen LogP contribution in [0.15, 0.2) is 22.5 Å². The molecule has 0 bridgehead atoms. The second kappa shape index (κ2) is 7.38. The number of ether oxygens (including phenoxy) is 1. The molecule has 1 atom stereocenters. The maximum Gasteiger partial charge on any atom is 0.191 e. The molecule has 1 aromatic heterocycles. The Hall–Kier alpha value is -1.07. The fraction of sp³-hybridized carbons (Fsp3) is 0.615. The lowest BCUT2D eigenvalue weighted by Crippen LogP contribution is -2.38. The number of thiophene rings is 1. The smallest absolute Gasteiger partial charge is 0.191 e. The molecule has 0 spiro atoms. The highest BCUT2D eigenvalue weighted by molar-refractivity contribution is 7.09. The summed E-state index contributed by atoms with van der Waals surface area (Å²) in [7, 11) is 1.80.